The van der Waals surface area contributed by atoms with Gasteiger partial charge in [-0.3, -0.25) is 0 Å². The van der Waals surface area contributed by atoms with Gasteiger partial charge in [0.25, 0.3) is 0 Å². The summed E-state index contributed by atoms with van der Waals surface area (Å²) in [5, 5.41) is 0. The number of halogens is 1. The van der Waals surface area contributed by atoms with Gasteiger partial charge in [-0.2, -0.15) is 0 Å². The summed E-state index contributed by atoms with van der Waals surface area (Å²) in [7, 11) is -2.37. The molecule has 1 aromatic carbocycles. The largest absolute Gasteiger partial charge is 0.467 e. The van der Waals surface area contributed by atoms with Gasteiger partial charge in [0.15, 0.2) is 0 Å². The summed E-state index contributed by atoms with van der Waals surface area (Å²) in [6, 6.07) is 7.48. The van der Waals surface area contributed by atoms with E-state index in [2.05, 4.69) is 4.72 Å². The lowest BCUT2D eigenvalue weighted by molar-refractivity contribution is 0.0255. The monoisotopic (exact) mass is 340 g/mol. The fourth-order valence-electron chi connectivity index (χ4n) is 2.54. The maximum atomic E-state index is 14.4. The molecule has 6 nitrogen and oxygen atoms in total. The van der Waals surface area contributed by atoms with Crippen molar-refractivity contribution in [3.05, 3.63) is 48.2 Å². The molecule has 1 saturated heterocycles. The number of nitrogens with one attached hydrogen (secondary N) is 1. The van der Waals surface area contributed by atoms with E-state index in [1.165, 1.54) is 19.2 Å². The third-order valence-electron chi connectivity index (χ3n) is 3.77. The number of benzene rings is 1. The molecule has 0 spiro atoms. The first-order valence-corrected chi connectivity index (χ1v) is 8.62. The molecular formula is C15H17FN2O4S. The highest BCUT2D eigenvalue weighted by atomic mass is 32.2. The van der Waals surface area contributed by atoms with Crippen LogP contribution in [-0.4, -0.2) is 35.2 Å². The minimum atomic E-state index is -3.66. The van der Waals surface area contributed by atoms with Gasteiger partial charge < -0.3 is 14.1 Å². The van der Waals surface area contributed by atoms with E-state index in [0.717, 1.165) is 6.07 Å². The van der Waals surface area contributed by atoms with Crippen LogP contribution in [0.1, 0.15) is 11.9 Å². The minimum Gasteiger partial charge on any atom is -0.467 e. The van der Waals surface area contributed by atoms with Crippen LogP contribution in [0.3, 0.4) is 0 Å². The molecule has 0 amide bonds. The van der Waals surface area contributed by atoms with Crippen molar-refractivity contribution < 1.29 is 22.0 Å². The van der Waals surface area contributed by atoms with Gasteiger partial charge in [-0.25, -0.2) is 17.5 Å². The van der Waals surface area contributed by atoms with Crippen molar-refractivity contribution in [2.24, 2.45) is 0 Å². The summed E-state index contributed by atoms with van der Waals surface area (Å²) >= 11 is 0. The first-order valence-electron chi connectivity index (χ1n) is 7.14. The van der Waals surface area contributed by atoms with Crippen LogP contribution in [0.25, 0.3) is 0 Å². The van der Waals surface area contributed by atoms with Crippen molar-refractivity contribution in [2.45, 2.75) is 11.0 Å². The van der Waals surface area contributed by atoms with E-state index in [9.17, 15) is 12.8 Å². The van der Waals surface area contributed by atoms with Crippen molar-refractivity contribution in [3.63, 3.8) is 0 Å². The first-order chi connectivity index (χ1) is 11.0. The summed E-state index contributed by atoms with van der Waals surface area (Å²) in [4.78, 5) is 1.72. The predicted molar refractivity (Wildman–Crippen MR) is 82.3 cm³/mol. The highest BCUT2D eigenvalue weighted by molar-refractivity contribution is 7.89. The number of nitrogens with zero attached hydrogens (tertiary/aromatic N) is 1. The zero-order valence-electron chi connectivity index (χ0n) is 12.5. The Morgan fingerprint density at radius 1 is 1.35 bits per heavy atom. The van der Waals surface area contributed by atoms with Gasteiger partial charge in [-0.15, -0.1) is 0 Å². The molecule has 1 N–H and O–H groups in total. The lowest BCUT2D eigenvalue weighted by atomic mass is 10.2. The Hall–Kier alpha value is -1.90. The lowest BCUT2D eigenvalue weighted by Gasteiger charge is -2.33. The Morgan fingerprint density at radius 2 is 2.17 bits per heavy atom. The van der Waals surface area contributed by atoms with Gasteiger partial charge in [-0.1, -0.05) is 0 Å². The summed E-state index contributed by atoms with van der Waals surface area (Å²) in [6.07, 6.45) is 1.29. The topological polar surface area (TPSA) is 71.8 Å². The molecule has 3 rings (SSSR count). The van der Waals surface area contributed by atoms with Crippen molar-refractivity contribution >= 4 is 15.7 Å². The van der Waals surface area contributed by atoms with Crippen molar-refractivity contribution in [2.75, 3.05) is 31.6 Å². The second-order valence-corrected chi connectivity index (χ2v) is 7.03. The number of rotatable bonds is 4. The number of hydrogen-bond donors (Lipinski definition) is 1. The third kappa shape index (κ3) is 3.24. The van der Waals surface area contributed by atoms with Gasteiger partial charge >= 0.3 is 0 Å². The number of furan rings is 1. The fourth-order valence-corrected chi connectivity index (χ4v) is 3.29. The van der Waals surface area contributed by atoms with Crippen LogP contribution in [0.15, 0.2) is 45.9 Å². The molecule has 1 aliphatic rings. The van der Waals surface area contributed by atoms with Gasteiger partial charge in [0.1, 0.15) is 17.7 Å². The van der Waals surface area contributed by atoms with Crippen LogP contribution in [0.2, 0.25) is 0 Å². The van der Waals surface area contributed by atoms with Crippen molar-refractivity contribution in [3.8, 4) is 0 Å². The molecule has 0 bridgehead atoms. The molecule has 2 aromatic rings. The summed E-state index contributed by atoms with van der Waals surface area (Å²) < 4.78 is 51.0. The molecule has 23 heavy (non-hydrogen) atoms. The molecule has 1 unspecified atom stereocenters. The Bertz CT molecular complexity index is 777. The quantitative estimate of drug-likeness (QED) is 0.920. The maximum absolute atomic E-state index is 14.4. The lowest BCUT2D eigenvalue weighted by Crippen LogP contribution is -2.38. The van der Waals surface area contributed by atoms with E-state index < -0.39 is 15.8 Å². The summed E-state index contributed by atoms with van der Waals surface area (Å²) in [5.74, 6) is 0.103. The Kier molecular flexibility index (Phi) is 4.38. The van der Waals surface area contributed by atoms with E-state index in [4.69, 9.17) is 9.15 Å². The van der Waals surface area contributed by atoms with E-state index in [1.54, 1.807) is 12.3 Å². The second kappa shape index (κ2) is 6.31. The molecule has 8 heteroatoms. The number of anilines is 1. The average molecular weight is 340 g/mol. The zero-order chi connectivity index (χ0) is 16.4. The molecule has 2 heterocycles. The molecule has 124 valence electrons. The van der Waals surface area contributed by atoms with E-state index in [0.29, 0.717) is 31.1 Å². The van der Waals surface area contributed by atoms with Crippen LogP contribution in [0, 0.1) is 5.82 Å². The number of hydrogen-bond acceptors (Lipinski definition) is 5. The van der Waals surface area contributed by atoms with Crippen LogP contribution >= 0.6 is 0 Å². The number of ether oxygens (including phenoxy) is 1. The number of morpholine rings is 1. The molecule has 0 saturated carbocycles. The average Bonchev–Trinajstić information content (AvgIpc) is 3.09. The molecule has 1 aromatic heterocycles. The summed E-state index contributed by atoms with van der Waals surface area (Å²) in [6.45, 7) is 1.39. The minimum absolute atomic E-state index is 0.0999. The van der Waals surface area contributed by atoms with Crippen LogP contribution < -0.4 is 9.62 Å². The van der Waals surface area contributed by atoms with Crippen LogP contribution in [0.4, 0.5) is 10.1 Å². The number of sulfonamides is 1. The van der Waals surface area contributed by atoms with Crippen molar-refractivity contribution in [1.82, 2.24) is 4.72 Å². The van der Waals surface area contributed by atoms with Gasteiger partial charge in [-0.05, 0) is 37.4 Å². The maximum Gasteiger partial charge on any atom is 0.240 e. The third-order valence-corrected chi connectivity index (χ3v) is 5.18. The highest BCUT2D eigenvalue weighted by Gasteiger charge is 2.26. The Morgan fingerprint density at radius 3 is 2.83 bits per heavy atom. The second-order valence-electron chi connectivity index (χ2n) is 5.14. The molecular weight excluding hydrogens is 323 g/mol. The van der Waals surface area contributed by atoms with Gasteiger partial charge in [0.05, 0.1) is 30.0 Å². The Labute approximate surface area is 133 Å². The smallest absolute Gasteiger partial charge is 0.240 e. The van der Waals surface area contributed by atoms with E-state index in [-0.39, 0.29) is 11.0 Å². The molecule has 0 radical (unpaired) electrons. The van der Waals surface area contributed by atoms with E-state index in [1.807, 2.05) is 11.0 Å². The van der Waals surface area contributed by atoms with Crippen LogP contribution in [0.5, 0.6) is 0 Å². The summed E-state index contributed by atoms with van der Waals surface area (Å²) in [5.41, 5.74) is 0.347. The Balaban J connectivity index is 1.84. The normalized spacial score (nSPS) is 19.0. The van der Waals surface area contributed by atoms with Crippen molar-refractivity contribution in [1.29, 1.82) is 0 Å². The predicted octanol–water partition coefficient (Wildman–Crippen LogP) is 1.90. The standard InChI is InChI=1S/C15H17FN2O4S/c1-17-23(19,20)11-4-5-13(12(16)9-11)18-6-8-22-15(10-18)14-3-2-7-21-14/h2-5,7,9,15,17H,6,8,10H2,1H3. The first kappa shape index (κ1) is 16.0. The van der Waals surface area contributed by atoms with Gasteiger partial charge in [0.2, 0.25) is 10.0 Å². The van der Waals surface area contributed by atoms with Gasteiger partial charge in [0, 0.05) is 6.54 Å². The van der Waals surface area contributed by atoms with E-state index >= 15 is 0 Å². The SMILES string of the molecule is CNS(=O)(=O)c1ccc(N2CCOC(c3ccco3)C2)c(F)c1. The molecule has 0 aliphatic carbocycles. The zero-order valence-corrected chi connectivity index (χ0v) is 13.3. The molecule has 1 fully saturated rings. The molecule has 1 atom stereocenters. The molecule has 1 aliphatic heterocycles. The fraction of sp³-hybridized carbons (Fsp3) is 0.333. The van der Waals surface area contributed by atoms with Crippen LogP contribution in [-0.2, 0) is 14.8 Å². The highest BCUT2D eigenvalue weighted by Crippen LogP contribution is 2.29.